The van der Waals surface area contributed by atoms with Crippen molar-refractivity contribution in [1.29, 1.82) is 0 Å². The summed E-state index contributed by atoms with van der Waals surface area (Å²) in [6, 6.07) is 9.83. The third-order valence-corrected chi connectivity index (χ3v) is 5.01. The molecule has 0 saturated carbocycles. The lowest BCUT2D eigenvalue weighted by Crippen LogP contribution is -2.30. The number of hydrogen-bond donors (Lipinski definition) is 1. The van der Waals surface area contributed by atoms with E-state index in [1.54, 1.807) is 18.2 Å². The molecular formula is C21H19F3N4O. The number of carbonyl (C=O) groups is 1. The van der Waals surface area contributed by atoms with Gasteiger partial charge < -0.3 is 10.2 Å². The van der Waals surface area contributed by atoms with E-state index < -0.39 is 23.2 Å². The van der Waals surface area contributed by atoms with Gasteiger partial charge in [-0.25, -0.2) is 9.97 Å². The second-order valence-corrected chi connectivity index (χ2v) is 6.97. The molecule has 0 radical (unpaired) electrons. The number of anilines is 2. The summed E-state index contributed by atoms with van der Waals surface area (Å²) in [7, 11) is 0. The highest BCUT2D eigenvalue weighted by atomic mass is 19.4. The summed E-state index contributed by atoms with van der Waals surface area (Å²) in [5.41, 5.74) is -0.380. The molecule has 0 spiro atoms. The first-order valence-electron chi connectivity index (χ1n) is 9.41. The number of alkyl halides is 3. The van der Waals surface area contributed by atoms with Crippen molar-refractivity contribution in [2.24, 2.45) is 0 Å². The number of nitrogens with zero attached hydrogens (tertiary/aromatic N) is 3. The summed E-state index contributed by atoms with van der Waals surface area (Å²) in [6.07, 6.45) is 0.288. The van der Waals surface area contributed by atoms with Crippen molar-refractivity contribution < 1.29 is 18.0 Å². The normalized spacial score (nSPS) is 14.8. The van der Waals surface area contributed by atoms with E-state index in [2.05, 4.69) is 20.2 Å². The molecule has 1 N–H and O–H groups in total. The first kappa shape index (κ1) is 19.2. The van der Waals surface area contributed by atoms with Gasteiger partial charge in [0.05, 0.1) is 16.6 Å². The SMILES string of the molecule is O=C(Nc1ccc2c(N3CCCCC3)ncnc2c1)c1ccccc1C(F)(F)F. The Labute approximate surface area is 165 Å². The molecule has 0 bridgehead atoms. The van der Waals surface area contributed by atoms with E-state index >= 15 is 0 Å². The summed E-state index contributed by atoms with van der Waals surface area (Å²) in [4.78, 5) is 23.4. The number of carbonyl (C=O) groups excluding carboxylic acids is 1. The van der Waals surface area contributed by atoms with Crippen molar-refractivity contribution in [2.45, 2.75) is 25.4 Å². The van der Waals surface area contributed by atoms with Crippen LogP contribution in [0.3, 0.4) is 0 Å². The molecule has 29 heavy (non-hydrogen) atoms. The highest BCUT2D eigenvalue weighted by Crippen LogP contribution is 2.32. The van der Waals surface area contributed by atoms with E-state index in [0.717, 1.165) is 49.3 Å². The van der Waals surface area contributed by atoms with Crippen LogP contribution in [0.4, 0.5) is 24.7 Å². The van der Waals surface area contributed by atoms with Gasteiger partial charge in [-0.05, 0) is 49.6 Å². The van der Waals surface area contributed by atoms with Gasteiger partial charge in [-0.3, -0.25) is 4.79 Å². The van der Waals surface area contributed by atoms with E-state index in [0.29, 0.717) is 11.2 Å². The zero-order valence-corrected chi connectivity index (χ0v) is 15.5. The summed E-state index contributed by atoms with van der Waals surface area (Å²) < 4.78 is 39.5. The lowest BCUT2D eigenvalue weighted by molar-refractivity contribution is -0.137. The van der Waals surface area contributed by atoms with E-state index in [1.807, 2.05) is 0 Å². The Morgan fingerprint density at radius 2 is 1.76 bits per heavy atom. The summed E-state index contributed by atoms with van der Waals surface area (Å²) in [5.74, 6) is 0.0255. The predicted molar refractivity (Wildman–Crippen MR) is 105 cm³/mol. The number of halogens is 3. The lowest BCUT2D eigenvalue weighted by atomic mass is 10.1. The topological polar surface area (TPSA) is 58.1 Å². The van der Waals surface area contributed by atoms with Gasteiger partial charge in [0, 0.05) is 24.2 Å². The standard InChI is InChI=1S/C21H19F3N4O/c22-21(23,24)17-7-3-2-6-15(17)20(29)27-14-8-9-16-18(12-14)25-13-26-19(16)28-10-4-1-5-11-28/h2-3,6-9,12-13H,1,4-5,10-11H2,(H,27,29). The van der Waals surface area contributed by atoms with Gasteiger partial charge in [0.25, 0.3) is 5.91 Å². The molecule has 150 valence electrons. The average molecular weight is 400 g/mol. The van der Waals surface area contributed by atoms with Crippen molar-refractivity contribution in [3.63, 3.8) is 0 Å². The van der Waals surface area contributed by atoms with Crippen LogP contribution < -0.4 is 10.2 Å². The predicted octanol–water partition coefficient (Wildman–Crippen LogP) is 4.89. The van der Waals surface area contributed by atoms with Gasteiger partial charge in [-0.1, -0.05) is 12.1 Å². The molecule has 2 aromatic carbocycles. The van der Waals surface area contributed by atoms with Crippen molar-refractivity contribution >= 4 is 28.3 Å². The first-order valence-corrected chi connectivity index (χ1v) is 9.41. The van der Waals surface area contributed by atoms with Gasteiger partial charge in [-0.2, -0.15) is 13.2 Å². The number of piperidine rings is 1. The highest BCUT2D eigenvalue weighted by molar-refractivity contribution is 6.06. The Morgan fingerprint density at radius 1 is 1.00 bits per heavy atom. The maximum atomic E-state index is 13.2. The molecule has 3 aromatic rings. The van der Waals surface area contributed by atoms with Crippen molar-refractivity contribution in [2.75, 3.05) is 23.3 Å². The van der Waals surface area contributed by atoms with Crippen LogP contribution in [-0.2, 0) is 6.18 Å². The smallest absolute Gasteiger partial charge is 0.356 e. The number of rotatable bonds is 3. The van der Waals surface area contributed by atoms with Gasteiger partial charge >= 0.3 is 6.18 Å². The van der Waals surface area contributed by atoms with Gasteiger partial charge in [0.2, 0.25) is 0 Å². The van der Waals surface area contributed by atoms with Crippen LogP contribution in [0.1, 0.15) is 35.2 Å². The van der Waals surface area contributed by atoms with Crippen LogP contribution in [0.15, 0.2) is 48.8 Å². The molecule has 1 aliphatic heterocycles. The number of amides is 1. The molecule has 0 atom stereocenters. The molecule has 4 rings (SSSR count). The fraction of sp³-hybridized carbons (Fsp3) is 0.286. The quantitative estimate of drug-likeness (QED) is 0.680. The van der Waals surface area contributed by atoms with Crippen LogP contribution in [0.2, 0.25) is 0 Å². The molecule has 0 aliphatic carbocycles. The highest BCUT2D eigenvalue weighted by Gasteiger charge is 2.34. The number of fused-ring (bicyclic) bond motifs is 1. The Hall–Kier alpha value is -3.16. The van der Waals surface area contributed by atoms with Crippen LogP contribution in [-0.4, -0.2) is 29.0 Å². The fourth-order valence-corrected chi connectivity index (χ4v) is 3.61. The van der Waals surface area contributed by atoms with Crippen molar-refractivity contribution in [3.05, 3.63) is 59.9 Å². The minimum Gasteiger partial charge on any atom is -0.356 e. The molecule has 1 aliphatic rings. The maximum absolute atomic E-state index is 13.2. The Balaban J connectivity index is 1.62. The van der Waals surface area contributed by atoms with E-state index in [1.165, 1.54) is 24.9 Å². The minimum atomic E-state index is -4.60. The molecule has 2 heterocycles. The molecule has 5 nitrogen and oxygen atoms in total. The van der Waals surface area contributed by atoms with Crippen LogP contribution in [0.25, 0.3) is 10.9 Å². The van der Waals surface area contributed by atoms with Crippen LogP contribution in [0.5, 0.6) is 0 Å². The zero-order chi connectivity index (χ0) is 20.4. The largest absolute Gasteiger partial charge is 0.417 e. The number of hydrogen-bond acceptors (Lipinski definition) is 4. The average Bonchev–Trinajstić information content (AvgIpc) is 2.73. The fourth-order valence-electron chi connectivity index (χ4n) is 3.61. The second kappa shape index (κ2) is 7.69. The van der Waals surface area contributed by atoms with E-state index in [-0.39, 0.29) is 0 Å². The van der Waals surface area contributed by atoms with E-state index in [9.17, 15) is 18.0 Å². The monoisotopic (exact) mass is 400 g/mol. The zero-order valence-electron chi connectivity index (χ0n) is 15.5. The lowest BCUT2D eigenvalue weighted by Gasteiger charge is -2.28. The summed E-state index contributed by atoms with van der Waals surface area (Å²) in [5, 5.41) is 3.40. The van der Waals surface area contributed by atoms with Crippen molar-refractivity contribution in [1.82, 2.24) is 9.97 Å². The molecule has 1 saturated heterocycles. The van der Waals surface area contributed by atoms with Crippen LogP contribution >= 0.6 is 0 Å². The van der Waals surface area contributed by atoms with Crippen molar-refractivity contribution in [3.8, 4) is 0 Å². The third kappa shape index (κ3) is 4.01. The summed E-state index contributed by atoms with van der Waals surface area (Å²) in [6.45, 7) is 1.86. The number of benzene rings is 2. The number of nitrogens with one attached hydrogen (secondary N) is 1. The molecule has 1 amide bonds. The molecule has 1 fully saturated rings. The van der Waals surface area contributed by atoms with Gasteiger partial charge in [0.15, 0.2) is 0 Å². The van der Waals surface area contributed by atoms with E-state index in [4.69, 9.17) is 0 Å². The molecule has 0 unspecified atom stereocenters. The molecular weight excluding hydrogens is 381 g/mol. The molecule has 1 aromatic heterocycles. The van der Waals surface area contributed by atoms with Crippen LogP contribution in [0, 0.1) is 0 Å². The minimum absolute atomic E-state index is 0.378. The van der Waals surface area contributed by atoms with Gasteiger partial charge in [0.1, 0.15) is 12.1 Å². The second-order valence-electron chi connectivity index (χ2n) is 6.97. The maximum Gasteiger partial charge on any atom is 0.417 e. The molecule has 8 heteroatoms. The first-order chi connectivity index (χ1) is 13.9. The Morgan fingerprint density at radius 3 is 2.52 bits per heavy atom. The van der Waals surface area contributed by atoms with Gasteiger partial charge in [-0.15, -0.1) is 0 Å². The number of aromatic nitrogens is 2. The third-order valence-electron chi connectivity index (χ3n) is 5.01. The Kier molecular flexibility index (Phi) is 5.08. The Bertz CT molecular complexity index is 1050. The summed E-state index contributed by atoms with van der Waals surface area (Å²) >= 11 is 0.